The topological polar surface area (TPSA) is 47.7 Å². The van der Waals surface area contributed by atoms with Crippen LogP contribution in [0.3, 0.4) is 0 Å². The molecule has 0 amide bonds. The highest BCUT2D eigenvalue weighted by Crippen LogP contribution is 2.14. The van der Waals surface area contributed by atoms with Gasteiger partial charge in [0.2, 0.25) is 0 Å². The summed E-state index contributed by atoms with van der Waals surface area (Å²) in [5.41, 5.74) is 5.07. The van der Waals surface area contributed by atoms with E-state index in [9.17, 15) is 0 Å². The van der Waals surface area contributed by atoms with Gasteiger partial charge in [0.1, 0.15) is 0 Å². The van der Waals surface area contributed by atoms with Crippen LogP contribution in [-0.4, -0.2) is 33.2 Å². The first-order chi connectivity index (χ1) is 9.11. The van der Waals surface area contributed by atoms with E-state index in [-0.39, 0.29) is 0 Å². The van der Waals surface area contributed by atoms with Gasteiger partial charge in [-0.2, -0.15) is 10.2 Å². The molecule has 1 N–H and O–H groups in total. The van der Waals surface area contributed by atoms with Gasteiger partial charge in [0.15, 0.2) is 0 Å². The monoisotopic (exact) mass is 261 g/mol. The smallest absolute Gasteiger partial charge is 0.0628 e. The molecule has 104 valence electrons. The summed E-state index contributed by atoms with van der Waals surface area (Å²) >= 11 is 0. The Morgan fingerprint density at radius 3 is 2.68 bits per heavy atom. The normalized spacial score (nSPS) is 11.2. The lowest BCUT2D eigenvalue weighted by molar-refractivity contribution is 0.593. The van der Waals surface area contributed by atoms with Crippen molar-refractivity contribution in [2.75, 3.05) is 13.6 Å². The van der Waals surface area contributed by atoms with Gasteiger partial charge in [-0.25, -0.2) is 0 Å². The summed E-state index contributed by atoms with van der Waals surface area (Å²) in [5.74, 6) is 0. The summed E-state index contributed by atoms with van der Waals surface area (Å²) in [4.78, 5) is 0. The molecule has 19 heavy (non-hydrogen) atoms. The summed E-state index contributed by atoms with van der Waals surface area (Å²) < 4.78 is 3.96. The lowest BCUT2D eigenvalue weighted by Crippen LogP contribution is -2.11. The summed E-state index contributed by atoms with van der Waals surface area (Å²) in [6.45, 7) is 6.17. The van der Waals surface area contributed by atoms with E-state index in [1.165, 1.54) is 16.8 Å². The zero-order valence-electron chi connectivity index (χ0n) is 12.3. The second kappa shape index (κ2) is 6.02. The van der Waals surface area contributed by atoms with Gasteiger partial charge in [-0.05, 0) is 51.4 Å². The van der Waals surface area contributed by atoms with Gasteiger partial charge in [0.25, 0.3) is 0 Å². The number of aryl methyl sites for hydroxylation is 4. The predicted octanol–water partition coefficient (Wildman–Crippen LogP) is 1.24. The van der Waals surface area contributed by atoms with Crippen LogP contribution in [0.1, 0.15) is 22.5 Å². The van der Waals surface area contributed by atoms with E-state index in [4.69, 9.17) is 0 Å². The molecule has 0 atom stereocenters. The first-order valence-corrected chi connectivity index (χ1v) is 6.77. The Morgan fingerprint density at radius 2 is 2.05 bits per heavy atom. The van der Waals surface area contributed by atoms with Crippen molar-refractivity contribution < 1.29 is 0 Å². The van der Waals surface area contributed by atoms with Gasteiger partial charge in [-0.3, -0.25) is 9.36 Å². The van der Waals surface area contributed by atoms with Crippen LogP contribution < -0.4 is 5.32 Å². The first kappa shape index (κ1) is 13.8. The van der Waals surface area contributed by atoms with Crippen LogP contribution in [0, 0.1) is 13.8 Å². The molecule has 0 saturated carbocycles. The summed E-state index contributed by atoms with van der Waals surface area (Å²) in [6, 6.07) is 0. The van der Waals surface area contributed by atoms with Gasteiger partial charge in [-0.1, -0.05) is 0 Å². The number of aromatic nitrogens is 4. The second-order valence-electron chi connectivity index (χ2n) is 5.00. The maximum atomic E-state index is 4.65. The van der Waals surface area contributed by atoms with E-state index in [1.807, 2.05) is 25.0 Å². The average molecular weight is 261 g/mol. The molecule has 0 fully saturated rings. The van der Waals surface area contributed by atoms with E-state index in [0.717, 1.165) is 31.6 Å². The molecule has 0 aliphatic rings. The molecule has 2 aromatic rings. The largest absolute Gasteiger partial charge is 0.319 e. The van der Waals surface area contributed by atoms with Crippen molar-refractivity contribution >= 4 is 0 Å². The molecule has 0 unspecified atom stereocenters. The molecule has 0 spiro atoms. The maximum absolute atomic E-state index is 4.65. The summed E-state index contributed by atoms with van der Waals surface area (Å²) in [7, 11) is 3.93. The van der Waals surface area contributed by atoms with Crippen LogP contribution in [-0.2, 0) is 26.4 Å². The molecule has 5 heteroatoms. The Labute approximate surface area is 114 Å². The highest BCUT2D eigenvalue weighted by molar-refractivity contribution is 5.25. The molecule has 2 rings (SSSR count). The quantitative estimate of drug-likeness (QED) is 0.851. The lowest BCUT2D eigenvalue weighted by atomic mass is 10.1. The van der Waals surface area contributed by atoms with Crippen LogP contribution in [0.15, 0.2) is 12.4 Å². The van der Waals surface area contributed by atoms with Gasteiger partial charge in [0, 0.05) is 25.5 Å². The molecule has 0 aliphatic heterocycles. The average Bonchev–Trinajstić information content (AvgIpc) is 2.90. The molecule has 0 aliphatic carbocycles. The number of nitrogens with one attached hydrogen (secondary N) is 1. The molecule has 5 nitrogen and oxygen atoms in total. The van der Waals surface area contributed by atoms with Crippen LogP contribution in [0.5, 0.6) is 0 Å². The molecule has 0 bridgehead atoms. The third-order valence-corrected chi connectivity index (χ3v) is 3.53. The van der Waals surface area contributed by atoms with Crippen molar-refractivity contribution in [3.63, 3.8) is 0 Å². The highest BCUT2D eigenvalue weighted by Gasteiger charge is 2.10. The zero-order valence-corrected chi connectivity index (χ0v) is 12.3. The fraction of sp³-hybridized carbons (Fsp3) is 0.571. The Kier molecular flexibility index (Phi) is 4.37. The predicted molar refractivity (Wildman–Crippen MR) is 76.2 cm³/mol. The fourth-order valence-corrected chi connectivity index (χ4v) is 2.40. The Balaban J connectivity index is 2.04. The second-order valence-corrected chi connectivity index (χ2v) is 5.00. The van der Waals surface area contributed by atoms with E-state index >= 15 is 0 Å². The molecule has 0 radical (unpaired) electrons. The standard InChI is InChI=1S/C14H23N5/c1-11-14(5-7-15-3)12(2)19(17-11)8-6-13-9-16-18(4)10-13/h9-10,15H,5-8H2,1-4H3. The van der Waals surface area contributed by atoms with E-state index in [0.29, 0.717) is 0 Å². The van der Waals surface area contributed by atoms with Crippen molar-refractivity contribution in [2.24, 2.45) is 7.05 Å². The van der Waals surface area contributed by atoms with Crippen LogP contribution >= 0.6 is 0 Å². The minimum atomic E-state index is 0.915. The first-order valence-electron chi connectivity index (χ1n) is 6.77. The number of nitrogens with zero attached hydrogens (tertiary/aromatic N) is 4. The highest BCUT2D eigenvalue weighted by atomic mass is 15.3. The molecule has 0 aromatic carbocycles. The minimum Gasteiger partial charge on any atom is -0.319 e. The Morgan fingerprint density at radius 1 is 1.26 bits per heavy atom. The van der Waals surface area contributed by atoms with Gasteiger partial charge >= 0.3 is 0 Å². The van der Waals surface area contributed by atoms with Gasteiger partial charge in [-0.15, -0.1) is 0 Å². The lowest BCUT2D eigenvalue weighted by Gasteiger charge is -2.04. The summed E-state index contributed by atoms with van der Waals surface area (Å²) in [5, 5.41) is 12.0. The Hall–Kier alpha value is -1.62. The van der Waals surface area contributed by atoms with Crippen molar-refractivity contribution in [1.29, 1.82) is 0 Å². The fourth-order valence-electron chi connectivity index (χ4n) is 2.40. The number of rotatable bonds is 6. The van der Waals surface area contributed by atoms with Crippen LogP contribution in [0.4, 0.5) is 0 Å². The number of hydrogen-bond donors (Lipinski definition) is 1. The third kappa shape index (κ3) is 3.23. The maximum Gasteiger partial charge on any atom is 0.0628 e. The molecule has 2 heterocycles. The van der Waals surface area contributed by atoms with Gasteiger partial charge in [0.05, 0.1) is 11.9 Å². The molecule has 0 saturated heterocycles. The van der Waals surface area contributed by atoms with Crippen molar-refractivity contribution in [3.05, 3.63) is 34.9 Å². The Bertz CT molecular complexity index is 538. The zero-order chi connectivity index (χ0) is 13.8. The molecule has 2 aromatic heterocycles. The molecular formula is C14H23N5. The van der Waals surface area contributed by atoms with Gasteiger partial charge < -0.3 is 5.32 Å². The minimum absolute atomic E-state index is 0.915. The van der Waals surface area contributed by atoms with Crippen LogP contribution in [0.25, 0.3) is 0 Å². The van der Waals surface area contributed by atoms with Crippen molar-refractivity contribution in [3.8, 4) is 0 Å². The van der Waals surface area contributed by atoms with Crippen molar-refractivity contribution in [1.82, 2.24) is 24.9 Å². The number of likely N-dealkylation sites (N-methyl/N-ethyl adjacent to an activating group) is 1. The van der Waals surface area contributed by atoms with E-state index in [2.05, 4.69) is 40.2 Å². The van der Waals surface area contributed by atoms with E-state index < -0.39 is 0 Å². The van der Waals surface area contributed by atoms with Crippen LogP contribution in [0.2, 0.25) is 0 Å². The summed E-state index contributed by atoms with van der Waals surface area (Å²) in [6.07, 6.45) is 6.00. The molecular weight excluding hydrogens is 238 g/mol. The third-order valence-electron chi connectivity index (χ3n) is 3.53. The van der Waals surface area contributed by atoms with Crippen molar-refractivity contribution in [2.45, 2.75) is 33.2 Å². The SMILES string of the molecule is CNCCc1c(C)nn(CCc2cnn(C)c2)c1C. The number of hydrogen-bond acceptors (Lipinski definition) is 3. The van der Waals surface area contributed by atoms with E-state index in [1.54, 1.807) is 0 Å².